The zero-order valence-corrected chi connectivity index (χ0v) is 22.4. The van der Waals surface area contributed by atoms with Gasteiger partial charge in [-0.3, -0.25) is 0 Å². The SMILES string of the molecule is [C-]#[N+]c1cc2ccc3cc(N(c4ccccc4)c4ccc5c(c4)C(C)(C)c4ccccc4-5)cc4ccc(c1)c2c34. The van der Waals surface area contributed by atoms with Crippen LogP contribution < -0.4 is 4.90 Å². The van der Waals surface area contributed by atoms with Crippen LogP contribution in [0.1, 0.15) is 25.0 Å². The van der Waals surface area contributed by atoms with Crippen LogP contribution in [0, 0.1) is 6.57 Å². The molecule has 1 aliphatic carbocycles. The van der Waals surface area contributed by atoms with E-state index in [0.29, 0.717) is 5.69 Å². The van der Waals surface area contributed by atoms with Crippen molar-refractivity contribution in [2.24, 2.45) is 0 Å². The molecule has 1 aliphatic rings. The van der Waals surface area contributed by atoms with Gasteiger partial charge in [-0.25, -0.2) is 4.85 Å². The largest absolute Gasteiger partial charge is 0.310 e. The number of benzene rings is 7. The van der Waals surface area contributed by atoms with Crippen molar-refractivity contribution in [1.82, 2.24) is 0 Å². The molecule has 0 amide bonds. The molecule has 0 N–H and O–H groups in total. The van der Waals surface area contributed by atoms with Gasteiger partial charge in [-0.15, -0.1) is 0 Å². The van der Waals surface area contributed by atoms with Gasteiger partial charge in [0.1, 0.15) is 0 Å². The molecule has 0 bridgehead atoms. The summed E-state index contributed by atoms with van der Waals surface area (Å²) >= 11 is 0. The minimum absolute atomic E-state index is 0.0675. The molecule has 0 atom stereocenters. The second-order valence-corrected chi connectivity index (χ2v) is 11.3. The molecule has 0 heterocycles. The second-order valence-electron chi connectivity index (χ2n) is 11.3. The Morgan fingerprint density at radius 1 is 0.525 bits per heavy atom. The summed E-state index contributed by atoms with van der Waals surface area (Å²) in [4.78, 5) is 6.07. The number of hydrogen-bond donors (Lipinski definition) is 0. The molecule has 40 heavy (non-hydrogen) atoms. The summed E-state index contributed by atoms with van der Waals surface area (Å²) in [6, 6.07) is 43.7. The minimum atomic E-state index is -0.0675. The summed E-state index contributed by atoms with van der Waals surface area (Å²) in [6.07, 6.45) is 0. The molecule has 0 radical (unpaired) electrons. The van der Waals surface area contributed by atoms with E-state index in [1.165, 1.54) is 43.8 Å². The topological polar surface area (TPSA) is 7.60 Å². The van der Waals surface area contributed by atoms with E-state index in [2.05, 4.69) is 133 Å². The molecule has 0 saturated carbocycles. The van der Waals surface area contributed by atoms with Crippen LogP contribution in [0.4, 0.5) is 22.7 Å². The smallest absolute Gasteiger partial charge is 0.188 e. The van der Waals surface area contributed by atoms with Crippen molar-refractivity contribution in [3.05, 3.63) is 144 Å². The molecular formula is C38H26N2. The average Bonchev–Trinajstić information content (AvgIpc) is 3.22. The lowest BCUT2D eigenvalue weighted by atomic mass is 9.82. The van der Waals surface area contributed by atoms with E-state index in [1.807, 2.05) is 12.1 Å². The highest BCUT2D eigenvalue weighted by Crippen LogP contribution is 2.51. The summed E-state index contributed by atoms with van der Waals surface area (Å²) in [6.45, 7) is 12.2. The molecule has 2 nitrogen and oxygen atoms in total. The number of anilines is 3. The Morgan fingerprint density at radius 2 is 1.10 bits per heavy atom. The van der Waals surface area contributed by atoms with Gasteiger partial charge in [0.2, 0.25) is 0 Å². The molecule has 7 aromatic carbocycles. The first-order valence-electron chi connectivity index (χ1n) is 13.7. The van der Waals surface area contributed by atoms with Crippen LogP contribution in [0.5, 0.6) is 0 Å². The van der Waals surface area contributed by atoms with Crippen molar-refractivity contribution in [3.8, 4) is 11.1 Å². The van der Waals surface area contributed by atoms with Crippen molar-refractivity contribution in [1.29, 1.82) is 0 Å². The predicted molar refractivity (Wildman–Crippen MR) is 169 cm³/mol. The monoisotopic (exact) mass is 510 g/mol. The maximum Gasteiger partial charge on any atom is 0.188 e. The van der Waals surface area contributed by atoms with E-state index >= 15 is 0 Å². The molecule has 0 aromatic heterocycles. The molecule has 7 aromatic rings. The summed E-state index contributed by atoms with van der Waals surface area (Å²) < 4.78 is 0. The van der Waals surface area contributed by atoms with Crippen LogP contribution in [0.15, 0.2) is 121 Å². The van der Waals surface area contributed by atoms with Crippen LogP contribution in [0.2, 0.25) is 0 Å². The van der Waals surface area contributed by atoms with Crippen molar-refractivity contribution < 1.29 is 0 Å². The third-order valence-electron chi connectivity index (χ3n) is 8.73. The van der Waals surface area contributed by atoms with Crippen LogP contribution >= 0.6 is 0 Å². The Kier molecular flexibility index (Phi) is 4.67. The Hall–Kier alpha value is -5.13. The number of hydrogen-bond acceptors (Lipinski definition) is 1. The van der Waals surface area contributed by atoms with Gasteiger partial charge in [-0.1, -0.05) is 86.6 Å². The second kappa shape index (κ2) is 8.18. The van der Waals surface area contributed by atoms with Crippen molar-refractivity contribution in [2.45, 2.75) is 19.3 Å². The van der Waals surface area contributed by atoms with Gasteiger partial charge in [0.25, 0.3) is 0 Å². The molecule has 2 heteroatoms. The third-order valence-corrected chi connectivity index (χ3v) is 8.73. The number of nitrogens with zero attached hydrogens (tertiary/aromatic N) is 2. The fourth-order valence-electron chi connectivity index (χ4n) is 6.85. The van der Waals surface area contributed by atoms with Gasteiger partial charge in [0, 0.05) is 22.5 Å². The van der Waals surface area contributed by atoms with E-state index < -0.39 is 0 Å². The first kappa shape index (κ1) is 22.8. The lowest BCUT2D eigenvalue weighted by Gasteiger charge is -2.28. The van der Waals surface area contributed by atoms with E-state index in [0.717, 1.165) is 27.8 Å². The molecule has 0 saturated heterocycles. The highest BCUT2D eigenvalue weighted by molar-refractivity contribution is 6.24. The maximum absolute atomic E-state index is 7.51. The minimum Gasteiger partial charge on any atom is -0.310 e. The Bertz CT molecular complexity index is 2080. The quantitative estimate of drug-likeness (QED) is 0.169. The summed E-state index contributed by atoms with van der Waals surface area (Å²) in [5.41, 5.74) is 9.44. The number of fused-ring (bicyclic) bond motifs is 3. The van der Waals surface area contributed by atoms with Crippen molar-refractivity contribution in [2.75, 3.05) is 4.90 Å². The number of para-hydroxylation sites is 1. The fourth-order valence-corrected chi connectivity index (χ4v) is 6.85. The standard InChI is InChI=1S/C38H26N2/c1-38(2)34-12-8-7-11-32(34)33-18-17-30(23-35(33)38)40(29-9-5-4-6-10-29)31-21-26-15-13-24-19-28(39-3)20-25-14-16-27(22-31)37(26)36(24)25/h4-23H,1-2H3. The van der Waals surface area contributed by atoms with E-state index in [1.54, 1.807) is 0 Å². The van der Waals surface area contributed by atoms with E-state index in [9.17, 15) is 0 Å². The van der Waals surface area contributed by atoms with Crippen LogP contribution in [-0.2, 0) is 5.41 Å². The molecule has 8 rings (SSSR count). The van der Waals surface area contributed by atoms with E-state index in [-0.39, 0.29) is 5.41 Å². The summed E-state index contributed by atoms with van der Waals surface area (Å²) in [5, 5.41) is 7.14. The molecule has 0 unspecified atom stereocenters. The van der Waals surface area contributed by atoms with Gasteiger partial charge in [-0.2, -0.15) is 0 Å². The highest BCUT2D eigenvalue weighted by atomic mass is 15.1. The van der Waals surface area contributed by atoms with E-state index in [4.69, 9.17) is 6.57 Å². The summed E-state index contributed by atoms with van der Waals surface area (Å²) in [5.74, 6) is 0. The number of rotatable bonds is 3. The molecule has 0 aliphatic heterocycles. The van der Waals surface area contributed by atoms with Crippen molar-refractivity contribution in [3.63, 3.8) is 0 Å². The van der Waals surface area contributed by atoms with Crippen molar-refractivity contribution >= 4 is 55.1 Å². The van der Waals surface area contributed by atoms with Gasteiger partial charge in [0.15, 0.2) is 5.69 Å². The van der Waals surface area contributed by atoms with Crippen LogP contribution in [0.25, 0.3) is 48.3 Å². The van der Waals surface area contributed by atoms with Gasteiger partial charge in [-0.05, 0) is 103 Å². The Morgan fingerprint density at radius 3 is 1.75 bits per heavy atom. The van der Waals surface area contributed by atoms with Gasteiger partial charge < -0.3 is 4.90 Å². The molecular weight excluding hydrogens is 484 g/mol. The molecule has 0 fully saturated rings. The first-order chi connectivity index (χ1) is 19.5. The molecule has 0 spiro atoms. The lowest BCUT2D eigenvalue weighted by Crippen LogP contribution is -2.16. The Labute approximate surface area is 233 Å². The predicted octanol–water partition coefficient (Wildman–Crippen LogP) is 10.9. The Balaban J connectivity index is 1.36. The third kappa shape index (κ3) is 3.15. The summed E-state index contributed by atoms with van der Waals surface area (Å²) in [7, 11) is 0. The zero-order chi connectivity index (χ0) is 27.0. The average molecular weight is 511 g/mol. The normalized spacial score (nSPS) is 13.4. The maximum atomic E-state index is 7.51. The lowest BCUT2D eigenvalue weighted by molar-refractivity contribution is 0.660. The molecule has 188 valence electrons. The highest BCUT2D eigenvalue weighted by Gasteiger charge is 2.35. The van der Waals surface area contributed by atoms with Gasteiger partial charge >= 0.3 is 0 Å². The zero-order valence-electron chi connectivity index (χ0n) is 22.4. The van der Waals surface area contributed by atoms with Crippen LogP contribution in [-0.4, -0.2) is 0 Å². The van der Waals surface area contributed by atoms with Gasteiger partial charge in [0.05, 0.1) is 6.57 Å². The fraction of sp³-hybridized carbons (Fsp3) is 0.0789. The first-order valence-corrected chi connectivity index (χ1v) is 13.7. The van der Waals surface area contributed by atoms with Crippen LogP contribution in [0.3, 0.4) is 0 Å².